The van der Waals surface area contributed by atoms with E-state index in [1.165, 1.54) is 0 Å². The number of hydrogen-bond donors (Lipinski definition) is 5. The zero-order chi connectivity index (χ0) is 16.4. The Kier molecular flexibility index (Phi) is 4.32. The van der Waals surface area contributed by atoms with Crippen molar-refractivity contribution in [3.8, 4) is 17.2 Å². The summed E-state index contributed by atoms with van der Waals surface area (Å²) in [4.78, 5) is 12.0. The molecule has 2 rings (SSSR count). The van der Waals surface area contributed by atoms with Gasteiger partial charge in [-0.1, -0.05) is 17.7 Å². The van der Waals surface area contributed by atoms with E-state index >= 15 is 0 Å². The van der Waals surface area contributed by atoms with Gasteiger partial charge in [0, 0.05) is 12.1 Å². The molecule has 0 aromatic heterocycles. The lowest BCUT2D eigenvalue weighted by Gasteiger charge is -2.13. The Morgan fingerprint density at radius 2 is 1.59 bits per heavy atom. The fraction of sp³-hybridized carbons (Fsp3) is 0.133. The normalized spacial score (nSPS) is 10.3. The van der Waals surface area contributed by atoms with Crippen molar-refractivity contribution in [2.24, 2.45) is 0 Å². The van der Waals surface area contributed by atoms with Crippen LogP contribution >= 0.6 is 11.6 Å². The highest BCUT2D eigenvalue weighted by Crippen LogP contribution is 2.37. The second-order valence-corrected chi connectivity index (χ2v) is 5.29. The van der Waals surface area contributed by atoms with Crippen LogP contribution in [0.4, 0.5) is 16.2 Å². The van der Waals surface area contributed by atoms with E-state index in [4.69, 9.17) is 11.6 Å². The van der Waals surface area contributed by atoms with Crippen molar-refractivity contribution in [2.75, 3.05) is 10.6 Å². The summed E-state index contributed by atoms with van der Waals surface area (Å²) in [6.45, 7) is 3.71. The largest absolute Gasteiger partial charge is 0.504 e. The second-order valence-electron chi connectivity index (χ2n) is 4.88. The molecule has 0 aliphatic carbocycles. The molecule has 116 valence electrons. The highest BCUT2D eigenvalue weighted by atomic mass is 35.5. The summed E-state index contributed by atoms with van der Waals surface area (Å²) in [7, 11) is 0. The smallest absolute Gasteiger partial charge is 0.323 e. The number of urea groups is 1. The van der Waals surface area contributed by atoms with Crippen molar-refractivity contribution in [3.05, 3.63) is 40.4 Å². The van der Waals surface area contributed by atoms with Gasteiger partial charge in [-0.05, 0) is 31.0 Å². The number of rotatable bonds is 2. The molecule has 7 heteroatoms. The molecular formula is C15H15ClN2O4. The fourth-order valence-corrected chi connectivity index (χ4v) is 2.39. The van der Waals surface area contributed by atoms with Crippen LogP contribution in [0.15, 0.2) is 24.3 Å². The van der Waals surface area contributed by atoms with E-state index in [0.29, 0.717) is 10.7 Å². The molecule has 22 heavy (non-hydrogen) atoms. The molecule has 0 bridgehead atoms. The molecule has 2 amide bonds. The number of benzene rings is 2. The zero-order valence-corrected chi connectivity index (χ0v) is 12.7. The minimum absolute atomic E-state index is 0.117. The monoisotopic (exact) mass is 322 g/mol. The Morgan fingerprint density at radius 1 is 1.00 bits per heavy atom. The van der Waals surface area contributed by atoms with Gasteiger partial charge in [-0.15, -0.1) is 0 Å². The Labute approximate surface area is 132 Å². The molecule has 0 atom stereocenters. The Bertz CT molecular complexity index is 700. The molecule has 0 aliphatic heterocycles. The lowest BCUT2D eigenvalue weighted by molar-refractivity contribution is 0.262. The minimum atomic E-state index is -0.650. The predicted molar refractivity (Wildman–Crippen MR) is 85.0 cm³/mol. The van der Waals surface area contributed by atoms with Gasteiger partial charge in [-0.25, -0.2) is 4.79 Å². The Hall–Kier alpha value is -2.60. The van der Waals surface area contributed by atoms with Gasteiger partial charge < -0.3 is 26.0 Å². The molecular weight excluding hydrogens is 308 g/mol. The van der Waals surface area contributed by atoms with Crippen molar-refractivity contribution < 1.29 is 20.1 Å². The van der Waals surface area contributed by atoms with E-state index < -0.39 is 23.3 Å². The first-order valence-corrected chi connectivity index (χ1v) is 6.75. The molecule has 0 saturated carbocycles. The third-order valence-electron chi connectivity index (χ3n) is 3.00. The zero-order valence-electron chi connectivity index (χ0n) is 11.9. The summed E-state index contributed by atoms with van der Waals surface area (Å²) in [6, 6.07) is 5.22. The number of hydrogen-bond acceptors (Lipinski definition) is 4. The van der Waals surface area contributed by atoms with E-state index in [9.17, 15) is 20.1 Å². The number of aryl methyl sites for hydroxylation is 2. The van der Waals surface area contributed by atoms with Crippen molar-refractivity contribution in [1.29, 1.82) is 0 Å². The van der Waals surface area contributed by atoms with Gasteiger partial charge in [0.2, 0.25) is 0 Å². The fourth-order valence-electron chi connectivity index (χ4n) is 2.03. The molecule has 0 heterocycles. The molecule has 2 aromatic rings. The van der Waals surface area contributed by atoms with Gasteiger partial charge in [-0.3, -0.25) is 0 Å². The third kappa shape index (κ3) is 3.35. The summed E-state index contributed by atoms with van der Waals surface area (Å²) < 4.78 is 0. The maximum Gasteiger partial charge on any atom is 0.323 e. The van der Waals surface area contributed by atoms with Crippen LogP contribution in [-0.4, -0.2) is 21.4 Å². The SMILES string of the molecule is Cc1cc(C)c(NC(=O)Nc2cc(O)c(O)c(O)c2)c(Cl)c1. The van der Waals surface area contributed by atoms with E-state index in [-0.39, 0.29) is 5.69 Å². The Balaban J connectivity index is 2.18. The van der Waals surface area contributed by atoms with Crippen LogP contribution in [0.1, 0.15) is 11.1 Å². The van der Waals surface area contributed by atoms with Crippen LogP contribution in [-0.2, 0) is 0 Å². The lowest BCUT2D eigenvalue weighted by Crippen LogP contribution is -2.20. The molecule has 0 aliphatic rings. The molecule has 0 radical (unpaired) electrons. The second kappa shape index (κ2) is 6.03. The molecule has 6 nitrogen and oxygen atoms in total. The van der Waals surface area contributed by atoms with Gasteiger partial charge in [0.1, 0.15) is 0 Å². The van der Waals surface area contributed by atoms with Gasteiger partial charge >= 0.3 is 6.03 Å². The highest BCUT2D eigenvalue weighted by Gasteiger charge is 2.12. The summed E-state index contributed by atoms with van der Waals surface area (Å²) in [5, 5.41) is 33.5. The molecule has 2 aromatic carbocycles. The predicted octanol–water partition coefficient (Wildman–Crippen LogP) is 3.72. The summed E-state index contributed by atoms with van der Waals surface area (Å²) in [6.07, 6.45) is 0. The Morgan fingerprint density at radius 3 is 2.14 bits per heavy atom. The number of carbonyl (C=O) groups is 1. The van der Waals surface area contributed by atoms with Crippen LogP contribution in [0.25, 0.3) is 0 Å². The average molecular weight is 323 g/mol. The number of amides is 2. The topological polar surface area (TPSA) is 102 Å². The summed E-state index contributed by atoms with van der Waals surface area (Å²) in [5.74, 6) is -1.73. The van der Waals surface area contributed by atoms with Crippen LogP contribution in [0.5, 0.6) is 17.2 Å². The number of anilines is 2. The third-order valence-corrected chi connectivity index (χ3v) is 3.30. The van der Waals surface area contributed by atoms with Gasteiger partial charge in [0.05, 0.1) is 16.4 Å². The molecule has 0 spiro atoms. The molecule has 0 fully saturated rings. The summed E-state index contributed by atoms with van der Waals surface area (Å²) >= 11 is 6.10. The lowest BCUT2D eigenvalue weighted by atomic mass is 10.1. The first-order chi connectivity index (χ1) is 10.3. The molecule has 0 unspecified atom stereocenters. The first kappa shape index (κ1) is 15.8. The van der Waals surface area contributed by atoms with Gasteiger partial charge in [0.25, 0.3) is 0 Å². The first-order valence-electron chi connectivity index (χ1n) is 6.37. The number of phenolic OH excluding ortho intramolecular Hbond substituents is 3. The maximum atomic E-state index is 12.0. The van der Waals surface area contributed by atoms with Crippen molar-refractivity contribution in [3.63, 3.8) is 0 Å². The van der Waals surface area contributed by atoms with Crippen molar-refractivity contribution in [1.82, 2.24) is 0 Å². The van der Waals surface area contributed by atoms with E-state index in [1.54, 1.807) is 6.07 Å². The van der Waals surface area contributed by atoms with Crippen LogP contribution in [0.2, 0.25) is 5.02 Å². The number of nitrogens with one attached hydrogen (secondary N) is 2. The number of carbonyl (C=O) groups excluding carboxylic acids is 1. The van der Waals surface area contributed by atoms with Crippen LogP contribution in [0.3, 0.4) is 0 Å². The minimum Gasteiger partial charge on any atom is -0.504 e. The van der Waals surface area contributed by atoms with Crippen molar-refractivity contribution >= 4 is 29.0 Å². The maximum absolute atomic E-state index is 12.0. The standard InChI is InChI=1S/C15H15ClN2O4/c1-7-3-8(2)13(10(16)4-7)18-15(22)17-9-5-11(19)14(21)12(20)6-9/h3-6,19-21H,1-2H3,(H2,17,18,22). The van der Waals surface area contributed by atoms with E-state index in [2.05, 4.69) is 10.6 Å². The van der Waals surface area contributed by atoms with Crippen LogP contribution in [0, 0.1) is 13.8 Å². The van der Waals surface area contributed by atoms with Gasteiger partial charge in [-0.2, -0.15) is 0 Å². The van der Waals surface area contributed by atoms with Crippen molar-refractivity contribution in [2.45, 2.75) is 13.8 Å². The molecule has 0 saturated heterocycles. The van der Waals surface area contributed by atoms with E-state index in [1.807, 2.05) is 19.9 Å². The van der Waals surface area contributed by atoms with Crippen LogP contribution < -0.4 is 10.6 Å². The number of halogens is 1. The quantitative estimate of drug-likeness (QED) is 0.429. The summed E-state index contributed by atoms with van der Waals surface area (Å²) in [5.41, 5.74) is 2.36. The number of phenols is 3. The average Bonchev–Trinajstić information content (AvgIpc) is 2.40. The highest BCUT2D eigenvalue weighted by molar-refractivity contribution is 6.34. The molecule has 5 N–H and O–H groups in total. The van der Waals surface area contributed by atoms with Gasteiger partial charge in [0.15, 0.2) is 17.2 Å². The van der Waals surface area contributed by atoms with E-state index in [0.717, 1.165) is 23.3 Å². The number of aromatic hydroxyl groups is 3.